The number of hydrogen-bond donors (Lipinski definition) is 0. The third-order valence-electron chi connectivity index (χ3n) is 9.50. The number of benzene rings is 7. The lowest BCUT2D eigenvalue weighted by atomic mass is 9.98. The summed E-state index contributed by atoms with van der Waals surface area (Å²) in [6.07, 6.45) is 0. The molecule has 10 rings (SSSR count). The smallest absolute Gasteiger partial charge is 0.238 e. The summed E-state index contributed by atoms with van der Waals surface area (Å²) >= 11 is 0. The normalized spacial score (nSPS) is 11.6. The van der Waals surface area contributed by atoms with Crippen molar-refractivity contribution in [2.75, 3.05) is 0 Å². The number of aromatic nitrogens is 4. The Morgan fingerprint density at radius 1 is 0.380 bits per heavy atom. The van der Waals surface area contributed by atoms with Gasteiger partial charge in [-0.05, 0) is 34.9 Å². The van der Waals surface area contributed by atoms with Gasteiger partial charge in [0.25, 0.3) is 0 Å². The van der Waals surface area contributed by atoms with E-state index in [-0.39, 0.29) is 0 Å². The van der Waals surface area contributed by atoms with Crippen LogP contribution >= 0.6 is 0 Å². The maximum absolute atomic E-state index is 6.67. The maximum atomic E-state index is 6.67. The van der Waals surface area contributed by atoms with Crippen LogP contribution in [0.1, 0.15) is 0 Å². The van der Waals surface area contributed by atoms with E-state index in [0.29, 0.717) is 17.6 Å². The molecule has 10 aromatic rings. The van der Waals surface area contributed by atoms with Crippen LogP contribution in [0.25, 0.3) is 94.7 Å². The highest BCUT2D eigenvalue weighted by molar-refractivity contribution is 6.15. The van der Waals surface area contributed by atoms with Crippen molar-refractivity contribution in [3.63, 3.8) is 0 Å². The summed E-state index contributed by atoms with van der Waals surface area (Å²) in [5.41, 5.74) is 10.0. The SMILES string of the molecule is c1ccc(-c2ccc(-c3cccc4c3oc3cccc(-c5nc(-c6ccccc6)nc(-n6c7ccccc7c7ccccc76)n5)c34)cc2)cc1. The van der Waals surface area contributed by atoms with Gasteiger partial charge >= 0.3 is 0 Å². The number of para-hydroxylation sites is 3. The zero-order valence-corrected chi connectivity index (χ0v) is 26.9. The lowest BCUT2D eigenvalue weighted by Crippen LogP contribution is -2.06. The summed E-state index contributed by atoms with van der Waals surface area (Å²) in [6, 6.07) is 58.5. The van der Waals surface area contributed by atoms with Crippen LogP contribution in [0.4, 0.5) is 0 Å². The highest BCUT2D eigenvalue weighted by Crippen LogP contribution is 2.41. The topological polar surface area (TPSA) is 56.7 Å². The number of rotatable bonds is 5. The van der Waals surface area contributed by atoms with E-state index in [9.17, 15) is 0 Å². The highest BCUT2D eigenvalue weighted by atomic mass is 16.3. The van der Waals surface area contributed by atoms with Gasteiger partial charge in [0.2, 0.25) is 5.95 Å². The molecule has 5 nitrogen and oxygen atoms in total. The van der Waals surface area contributed by atoms with Crippen LogP contribution in [0.5, 0.6) is 0 Å². The molecule has 0 aliphatic carbocycles. The van der Waals surface area contributed by atoms with Gasteiger partial charge < -0.3 is 4.42 Å². The second kappa shape index (κ2) is 11.4. The van der Waals surface area contributed by atoms with Crippen LogP contribution < -0.4 is 0 Å². The van der Waals surface area contributed by atoms with Gasteiger partial charge in [0.15, 0.2) is 11.6 Å². The minimum absolute atomic E-state index is 0.565. The second-order valence-electron chi connectivity index (χ2n) is 12.4. The molecule has 0 saturated heterocycles. The fraction of sp³-hybridized carbons (Fsp3) is 0. The number of hydrogen-bond acceptors (Lipinski definition) is 4. The van der Waals surface area contributed by atoms with Crippen molar-refractivity contribution < 1.29 is 4.42 Å². The first-order chi connectivity index (χ1) is 24.8. The molecule has 234 valence electrons. The zero-order chi connectivity index (χ0) is 33.0. The fourth-order valence-electron chi connectivity index (χ4n) is 7.17. The van der Waals surface area contributed by atoms with Crippen molar-refractivity contribution in [1.29, 1.82) is 0 Å². The number of furan rings is 1. The van der Waals surface area contributed by atoms with Crippen molar-refractivity contribution in [2.24, 2.45) is 0 Å². The molecule has 0 N–H and O–H groups in total. The first-order valence-corrected chi connectivity index (χ1v) is 16.7. The van der Waals surface area contributed by atoms with Gasteiger partial charge in [-0.25, -0.2) is 4.98 Å². The standard InChI is InChI=1S/C45H28N4O/c1-3-13-29(14-4-1)30-25-27-31(28-26-30)33-19-11-20-36-41-37(21-12-24-40(41)50-42(33)36)44-46-43(32-15-5-2-6-16-32)47-45(48-44)49-38-22-9-7-17-34(38)35-18-8-10-23-39(35)49/h1-28H. The molecule has 0 aliphatic rings. The molecule has 50 heavy (non-hydrogen) atoms. The zero-order valence-electron chi connectivity index (χ0n) is 26.9. The predicted molar refractivity (Wildman–Crippen MR) is 203 cm³/mol. The van der Waals surface area contributed by atoms with E-state index in [1.54, 1.807) is 0 Å². The van der Waals surface area contributed by atoms with Crippen LogP contribution in [-0.2, 0) is 0 Å². The maximum Gasteiger partial charge on any atom is 0.238 e. The Labute approximate surface area is 287 Å². The molecule has 0 radical (unpaired) electrons. The van der Waals surface area contributed by atoms with Crippen molar-refractivity contribution in [1.82, 2.24) is 19.5 Å². The van der Waals surface area contributed by atoms with E-state index in [4.69, 9.17) is 19.4 Å². The quantitative estimate of drug-likeness (QED) is 0.188. The summed E-state index contributed by atoms with van der Waals surface area (Å²) in [6.45, 7) is 0. The van der Waals surface area contributed by atoms with Gasteiger partial charge in [0.05, 0.1) is 11.0 Å². The van der Waals surface area contributed by atoms with E-state index in [1.165, 1.54) is 11.1 Å². The van der Waals surface area contributed by atoms with Crippen LogP contribution in [0.2, 0.25) is 0 Å². The largest absolute Gasteiger partial charge is 0.455 e. The monoisotopic (exact) mass is 640 g/mol. The Hall–Kier alpha value is -6.85. The summed E-state index contributed by atoms with van der Waals surface area (Å²) in [5.74, 6) is 1.76. The molecule has 0 saturated carbocycles. The number of nitrogens with zero attached hydrogens (tertiary/aromatic N) is 4. The molecule has 3 heterocycles. The predicted octanol–water partition coefficient (Wildman–Crippen LogP) is 11.5. The summed E-state index contributed by atoms with van der Waals surface area (Å²) < 4.78 is 8.82. The number of fused-ring (bicyclic) bond motifs is 6. The van der Waals surface area contributed by atoms with Gasteiger partial charge in [0, 0.05) is 38.2 Å². The molecule has 0 bridgehead atoms. The van der Waals surface area contributed by atoms with Crippen molar-refractivity contribution in [3.8, 4) is 51.0 Å². The molecule has 3 aromatic heterocycles. The van der Waals surface area contributed by atoms with Crippen LogP contribution in [0.3, 0.4) is 0 Å². The molecule has 0 aliphatic heterocycles. The average molecular weight is 641 g/mol. The van der Waals surface area contributed by atoms with Crippen molar-refractivity contribution in [2.45, 2.75) is 0 Å². The Morgan fingerprint density at radius 2 is 0.920 bits per heavy atom. The van der Waals surface area contributed by atoms with Crippen molar-refractivity contribution in [3.05, 3.63) is 170 Å². The van der Waals surface area contributed by atoms with Crippen LogP contribution in [-0.4, -0.2) is 19.5 Å². The van der Waals surface area contributed by atoms with E-state index >= 15 is 0 Å². The Morgan fingerprint density at radius 3 is 1.64 bits per heavy atom. The lowest BCUT2D eigenvalue weighted by Gasteiger charge is -2.11. The first-order valence-electron chi connectivity index (χ1n) is 16.7. The Kier molecular flexibility index (Phi) is 6.42. The molecule has 0 unspecified atom stereocenters. The van der Waals surface area contributed by atoms with Crippen LogP contribution in [0, 0.1) is 0 Å². The van der Waals surface area contributed by atoms with Gasteiger partial charge in [-0.2, -0.15) is 9.97 Å². The average Bonchev–Trinajstić information content (AvgIpc) is 3.75. The minimum atomic E-state index is 0.565. The van der Waals surface area contributed by atoms with Gasteiger partial charge in [-0.3, -0.25) is 4.57 Å². The van der Waals surface area contributed by atoms with Gasteiger partial charge in [0.1, 0.15) is 11.2 Å². The lowest BCUT2D eigenvalue weighted by molar-refractivity contribution is 0.670. The molecule has 5 heteroatoms. The molecule has 0 fully saturated rings. The third-order valence-corrected chi connectivity index (χ3v) is 9.50. The molecular weight excluding hydrogens is 613 g/mol. The van der Waals surface area contributed by atoms with E-state index in [0.717, 1.165) is 66.0 Å². The minimum Gasteiger partial charge on any atom is -0.455 e. The first kappa shape index (κ1) is 28.2. The second-order valence-corrected chi connectivity index (χ2v) is 12.4. The molecule has 0 amide bonds. The van der Waals surface area contributed by atoms with E-state index in [1.807, 2.05) is 48.5 Å². The van der Waals surface area contributed by atoms with Gasteiger partial charge in [-0.1, -0.05) is 152 Å². The molecular formula is C45H28N4O. The Balaban J connectivity index is 1.19. The fourth-order valence-corrected chi connectivity index (χ4v) is 7.17. The van der Waals surface area contributed by atoms with E-state index < -0.39 is 0 Å². The summed E-state index contributed by atoms with van der Waals surface area (Å²) in [7, 11) is 0. The molecule has 7 aromatic carbocycles. The van der Waals surface area contributed by atoms with E-state index in [2.05, 4.69) is 126 Å². The molecule has 0 atom stereocenters. The van der Waals surface area contributed by atoms with Crippen LogP contribution in [0.15, 0.2) is 174 Å². The summed E-state index contributed by atoms with van der Waals surface area (Å²) in [5, 5.41) is 4.29. The molecule has 0 spiro atoms. The third kappa shape index (κ3) is 4.52. The van der Waals surface area contributed by atoms with Crippen molar-refractivity contribution >= 4 is 43.7 Å². The highest BCUT2D eigenvalue weighted by Gasteiger charge is 2.21. The Bertz CT molecular complexity index is 2800. The summed E-state index contributed by atoms with van der Waals surface area (Å²) in [4.78, 5) is 15.5. The van der Waals surface area contributed by atoms with Gasteiger partial charge in [-0.15, -0.1) is 0 Å².